The molecule has 1 aliphatic rings. The van der Waals surface area contributed by atoms with Crippen LogP contribution in [0.5, 0.6) is 5.75 Å². The summed E-state index contributed by atoms with van der Waals surface area (Å²) in [7, 11) is 0. The lowest BCUT2D eigenvalue weighted by Gasteiger charge is -2.24. The maximum atomic E-state index is 13.2. The van der Waals surface area contributed by atoms with Crippen LogP contribution < -0.4 is 9.64 Å². The molecule has 3 heterocycles. The summed E-state index contributed by atoms with van der Waals surface area (Å²) >= 11 is 0. The van der Waals surface area contributed by atoms with Gasteiger partial charge in [-0.05, 0) is 50.1 Å². The van der Waals surface area contributed by atoms with E-state index in [0.717, 1.165) is 6.42 Å². The molecule has 31 heavy (non-hydrogen) atoms. The Morgan fingerprint density at radius 3 is 2.48 bits per heavy atom. The largest absolute Gasteiger partial charge is 0.503 e. The van der Waals surface area contributed by atoms with Gasteiger partial charge in [-0.2, -0.15) is 0 Å². The van der Waals surface area contributed by atoms with E-state index in [1.165, 1.54) is 11.0 Å². The third-order valence-electron chi connectivity index (χ3n) is 4.95. The summed E-state index contributed by atoms with van der Waals surface area (Å²) in [4.78, 5) is 27.5. The molecular formula is C23H22N2O6. The van der Waals surface area contributed by atoms with Crippen molar-refractivity contribution in [2.24, 2.45) is 0 Å². The van der Waals surface area contributed by atoms with E-state index in [-0.39, 0.29) is 17.2 Å². The molecule has 0 aliphatic carbocycles. The molecule has 1 aromatic carbocycles. The molecule has 8 heteroatoms. The van der Waals surface area contributed by atoms with Crippen LogP contribution in [0.4, 0.5) is 5.82 Å². The Hall–Kier alpha value is -3.81. The molecule has 8 nitrogen and oxygen atoms in total. The van der Waals surface area contributed by atoms with Gasteiger partial charge in [-0.15, -0.1) is 0 Å². The Labute approximate surface area is 178 Å². The molecule has 0 saturated carbocycles. The van der Waals surface area contributed by atoms with Gasteiger partial charge in [0.2, 0.25) is 5.78 Å². The number of carbonyl (C=O) groups is 2. The van der Waals surface area contributed by atoms with Crippen molar-refractivity contribution in [1.82, 2.24) is 5.16 Å². The number of aryl methyl sites for hydroxylation is 2. The van der Waals surface area contributed by atoms with E-state index < -0.39 is 23.5 Å². The molecule has 4 rings (SSSR count). The zero-order chi connectivity index (χ0) is 22.1. The van der Waals surface area contributed by atoms with Gasteiger partial charge in [0.05, 0.1) is 18.2 Å². The second-order valence-electron chi connectivity index (χ2n) is 7.29. The molecule has 1 atom stereocenters. The first-order valence-corrected chi connectivity index (χ1v) is 9.94. The van der Waals surface area contributed by atoms with Crippen molar-refractivity contribution in [3.63, 3.8) is 0 Å². The van der Waals surface area contributed by atoms with Gasteiger partial charge in [0.1, 0.15) is 17.3 Å². The van der Waals surface area contributed by atoms with E-state index in [1.54, 1.807) is 50.2 Å². The highest BCUT2D eigenvalue weighted by Gasteiger charge is 2.46. The van der Waals surface area contributed by atoms with Crippen LogP contribution in [0.25, 0.3) is 0 Å². The zero-order valence-corrected chi connectivity index (χ0v) is 17.4. The Balaban J connectivity index is 1.79. The van der Waals surface area contributed by atoms with Gasteiger partial charge in [-0.3, -0.25) is 14.5 Å². The molecule has 160 valence electrons. The van der Waals surface area contributed by atoms with Gasteiger partial charge < -0.3 is 18.8 Å². The first-order valence-electron chi connectivity index (χ1n) is 9.94. The molecule has 0 fully saturated rings. The van der Waals surface area contributed by atoms with E-state index in [0.29, 0.717) is 29.4 Å². The van der Waals surface area contributed by atoms with Crippen LogP contribution in [0.1, 0.15) is 47.0 Å². The smallest absolute Gasteiger partial charge is 0.295 e. The average molecular weight is 422 g/mol. The SMILES string of the molecule is CCCOc1ccc([C@@H]2C(C(=O)c3ccc(C)o3)=C(O)C(=O)N2c2cc(C)on2)cc1. The highest BCUT2D eigenvalue weighted by molar-refractivity contribution is 6.19. The number of anilines is 1. The maximum Gasteiger partial charge on any atom is 0.295 e. The summed E-state index contributed by atoms with van der Waals surface area (Å²) in [6, 6.07) is 10.9. The predicted octanol–water partition coefficient (Wildman–Crippen LogP) is 4.46. The monoisotopic (exact) mass is 422 g/mol. The molecule has 2 aromatic heterocycles. The molecule has 0 saturated heterocycles. The van der Waals surface area contributed by atoms with Crippen molar-refractivity contribution in [2.75, 3.05) is 11.5 Å². The molecule has 0 radical (unpaired) electrons. The van der Waals surface area contributed by atoms with E-state index in [9.17, 15) is 14.7 Å². The van der Waals surface area contributed by atoms with Crippen LogP contribution in [-0.4, -0.2) is 28.6 Å². The molecule has 1 amide bonds. The fraction of sp³-hybridized carbons (Fsp3) is 0.261. The van der Waals surface area contributed by atoms with Crippen molar-refractivity contribution < 1.29 is 28.4 Å². The molecule has 1 N–H and O–H groups in total. The number of carbonyl (C=O) groups excluding carboxylic acids is 2. The van der Waals surface area contributed by atoms with Crippen molar-refractivity contribution in [3.8, 4) is 5.75 Å². The van der Waals surface area contributed by atoms with E-state index in [1.807, 2.05) is 6.92 Å². The summed E-state index contributed by atoms with van der Waals surface area (Å²) in [6.45, 7) is 5.99. The van der Waals surface area contributed by atoms with Gasteiger partial charge >= 0.3 is 0 Å². The van der Waals surface area contributed by atoms with Crippen LogP contribution in [-0.2, 0) is 4.79 Å². The first-order chi connectivity index (χ1) is 14.9. The van der Waals surface area contributed by atoms with Gasteiger partial charge in [0.25, 0.3) is 5.91 Å². The number of nitrogens with zero attached hydrogens (tertiary/aromatic N) is 2. The lowest BCUT2D eigenvalue weighted by atomic mass is 9.95. The minimum absolute atomic E-state index is 0.0398. The van der Waals surface area contributed by atoms with Crippen molar-refractivity contribution in [1.29, 1.82) is 0 Å². The molecule has 0 spiro atoms. The average Bonchev–Trinajstić information content (AvgIpc) is 3.45. The number of amides is 1. The number of benzene rings is 1. The van der Waals surface area contributed by atoms with E-state index >= 15 is 0 Å². The zero-order valence-electron chi connectivity index (χ0n) is 17.4. The number of aliphatic hydroxyl groups is 1. The van der Waals surface area contributed by atoms with Crippen LogP contribution in [0.15, 0.2) is 62.7 Å². The Morgan fingerprint density at radius 1 is 1.16 bits per heavy atom. The van der Waals surface area contributed by atoms with Gasteiger partial charge in [0, 0.05) is 6.07 Å². The summed E-state index contributed by atoms with van der Waals surface area (Å²) in [6.07, 6.45) is 0.871. The van der Waals surface area contributed by atoms with E-state index in [4.69, 9.17) is 13.7 Å². The molecule has 0 bridgehead atoms. The highest BCUT2D eigenvalue weighted by atomic mass is 16.5. The normalized spacial score (nSPS) is 16.3. The fourth-order valence-electron chi connectivity index (χ4n) is 3.51. The van der Waals surface area contributed by atoms with Crippen molar-refractivity contribution in [3.05, 3.63) is 76.6 Å². The predicted molar refractivity (Wildman–Crippen MR) is 111 cm³/mol. The number of hydrogen-bond acceptors (Lipinski definition) is 7. The second-order valence-corrected chi connectivity index (χ2v) is 7.29. The number of Topliss-reactive ketones (excluding diaryl/α,β-unsaturated/α-hetero) is 1. The minimum atomic E-state index is -0.907. The van der Waals surface area contributed by atoms with Crippen LogP contribution in [0.3, 0.4) is 0 Å². The fourth-order valence-corrected chi connectivity index (χ4v) is 3.51. The van der Waals surface area contributed by atoms with E-state index in [2.05, 4.69) is 5.16 Å². The quantitative estimate of drug-likeness (QED) is 0.561. The maximum absolute atomic E-state index is 13.2. The number of ether oxygens (including phenoxy) is 1. The van der Waals surface area contributed by atoms with Gasteiger partial charge in [-0.1, -0.05) is 24.2 Å². The third-order valence-corrected chi connectivity index (χ3v) is 4.95. The molecule has 0 unspecified atom stereocenters. The number of aliphatic hydroxyl groups excluding tert-OH is 1. The number of furan rings is 1. The summed E-state index contributed by atoms with van der Waals surface area (Å²) < 4.78 is 16.2. The number of aromatic nitrogens is 1. The van der Waals surface area contributed by atoms with Gasteiger partial charge in [0.15, 0.2) is 17.3 Å². The van der Waals surface area contributed by atoms with Crippen molar-refractivity contribution >= 4 is 17.5 Å². The van der Waals surface area contributed by atoms with Gasteiger partial charge in [-0.25, -0.2) is 0 Å². The third kappa shape index (κ3) is 3.72. The standard InChI is InChI=1S/C23H22N2O6/c1-4-11-29-16-8-6-15(7-9-16)20-19(21(26)17-10-5-13(2)30-17)22(27)23(28)25(20)18-12-14(3)31-24-18/h5-10,12,20,27H,4,11H2,1-3H3/t20-/m1/s1. The summed E-state index contributed by atoms with van der Waals surface area (Å²) in [5.74, 6) is -0.00931. The summed E-state index contributed by atoms with van der Waals surface area (Å²) in [5.41, 5.74) is 0.524. The lowest BCUT2D eigenvalue weighted by molar-refractivity contribution is -0.117. The summed E-state index contributed by atoms with van der Waals surface area (Å²) in [5, 5.41) is 14.6. The Kier molecular flexibility index (Phi) is 5.37. The van der Waals surface area contributed by atoms with Crippen LogP contribution in [0.2, 0.25) is 0 Å². The number of hydrogen-bond donors (Lipinski definition) is 1. The minimum Gasteiger partial charge on any atom is -0.503 e. The molecule has 3 aromatic rings. The Morgan fingerprint density at radius 2 is 1.90 bits per heavy atom. The number of rotatable bonds is 7. The first kappa shape index (κ1) is 20.5. The Bertz CT molecular complexity index is 1150. The molecule has 1 aliphatic heterocycles. The lowest BCUT2D eigenvalue weighted by Crippen LogP contribution is -2.31. The number of ketones is 1. The highest BCUT2D eigenvalue weighted by Crippen LogP contribution is 2.42. The van der Waals surface area contributed by atoms with Crippen LogP contribution in [0, 0.1) is 13.8 Å². The second kappa shape index (κ2) is 8.14. The topological polar surface area (TPSA) is 106 Å². The molecular weight excluding hydrogens is 400 g/mol. The van der Waals surface area contributed by atoms with Crippen LogP contribution >= 0.6 is 0 Å². The van der Waals surface area contributed by atoms with Crippen molar-refractivity contribution in [2.45, 2.75) is 33.2 Å².